The van der Waals surface area contributed by atoms with Gasteiger partial charge in [-0.25, -0.2) is 0 Å². The maximum absolute atomic E-state index is 4.65. The maximum Gasteiger partial charge on any atom is 0.0742 e. The summed E-state index contributed by atoms with van der Waals surface area (Å²) in [7, 11) is 0. The van der Waals surface area contributed by atoms with E-state index in [1.807, 2.05) is 56.1 Å². The van der Waals surface area contributed by atoms with Crippen molar-refractivity contribution in [3.8, 4) is 0 Å². The summed E-state index contributed by atoms with van der Waals surface area (Å²) in [5.74, 6) is 0. The Bertz CT molecular complexity index is 4050. The van der Waals surface area contributed by atoms with E-state index < -0.39 is 0 Å². The van der Waals surface area contributed by atoms with Crippen molar-refractivity contribution < 1.29 is 0 Å². The molecule has 6 aromatic heterocycles. The number of pyridine rings is 5. The Morgan fingerprint density at radius 3 is 1.60 bits per heavy atom. The summed E-state index contributed by atoms with van der Waals surface area (Å²) < 4.78 is 0. The van der Waals surface area contributed by atoms with Crippen LogP contribution in [-0.4, -0.2) is 29.9 Å². The Kier molecular flexibility index (Phi) is 20.1. The summed E-state index contributed by atoms with van der Waals surface area (Å²) in [5, 5.41) is 10.1. The molecule has 0 spiro atoms. The monoisotopic (exact) mass is 1130 g/mol. The van der Waals surface area contributed by atoms with Crippen LogP contribution in [0.4, 0.5) is 0 Å². The zero-order chi connectivity index (χ0) is 62.1. The fourth-order valence-electron chi connectivity index (χ4n) is 10.3. The summed E-state index contributed by atoms with van der Waals surface area (Å²) in [6.45, 7) is 44.1. The highest BCUT2D eigenvalue weighted by Crippen LogP contribution is 2.33. The summed E-state index contributed by atoms with van der Waals surface area (Å²) in [5.41, 5.74) is 15.7. The second-order valence-corrected chi connectivity index (χ2v) is 28.7. The molecule has 0 aliphatic rings. The molecule has 0 aliphatic heterocycles. The number of hydrogen-bond donors (Lipinski definition) is 1. The van der Waals surface area contributed by atoms with Crippen molar-refractivity contribution in [1.29, 1.82) is 0 Å². The predicted octanol–water partition coefficient (Wildman–Crippen LogP) is 21.7. The first-order chi connectivity index (χ1) is 39.8. The van der Waals surface area contributed by atoms with Crippen molar-refractivity contribution in [3.05, 3.63) is 246 Å². The Morgan fingerprint density at radius 1 is 0.353 bits per heavy atom. The van der Waals surface area contributed by atoms with Gasteiger partial charge in [0.15, 0.2) is 0 Å². The van der Waals surface area contributed by atoms with Gasteiger partial charge in [0.1, 0.15) is 0 Å². The molecule has 6 heterocycles. The Balaban J connectivity index is 0.000000146. The minimum Gasteiger partial charge on any atom is -0.361 e. The maximum atomic E-state index is 4.65. The van der Waals surface area contributed by atoms with Gasteiger partial charge < -0.3 is 4.98 Å². The van der Waals surface area contributed by atoms with Crippen molar-refractivity contribution in [1.82, 2.24) is 29.9 Å². The van der Waals surface area contributed by atoms with E-state index in [4.69, 9.17) is 0 Å². The van der Waals surface area contributed by atoms with Gasteiger partial charge in [-0.15, -0.1) is 0 Å². The first-order valence-corrected chi connectivity index (χ1v) is 30.1. The molecule has 0 bridgehead atoms. The van der Waals surface area contributed by atoms with Crippen LogP contribution >= 0.6 is 0 Å². The van der Waals surface area contributed by atoms with Crippen molar-refractivity contribution in [2.45, 2.75) is 171 Å². The van der Waals surface area contributed by atoms with Crippen molar-refractivity contribution >= 4 is 65.2 Å². The number of benzene rings is 6. The Hall–Kier alpha value is -8.09. The van der Waals surface area contributed by atoms with Gasteiger partial charge in [0.25, 0.3) is 0 Å². The number of rotatable bonds is 0. The lowest BCUT2D eigenvalue weighted by Crippen LogP contribution is -2.13. The lowest BCUT2D eigenvalue weighted by Gasteiger charge is -2.22. The molecule has 1 N–H and O–H groups in total. The van der Waals surface area contributed by atoms with Crippen LogP contribution in [0.5, 0.6) is 0 Å². The van der Waals surface area contributed by atoms with Gasteiger partial charge in [-0.3, -0.25) is 24.9 Å². The van der Waals surface area contributed by atoms with E-state index in [9.17, 15) is 0 Å². The fraction of sp³-hybridized carbons (Fsp3) is 0.329. The van der Waals surface area contributed by atoms with Crippen molar-refractivity contribution in [2.24, 2.45) is 0 Å². The normalized spacial score (nSPS) is 12.0. The van der Waals surface area contributed by atoms with E-state index in [2.05, 4.69) is 313 Å². The fourth-order valence-corrected chi connectivity index (χ4v) is 10.3. The number of aromatic nitrogens is 6. The molecule has 6 aromatic carbocycles. The highest BCUT2D eigenvalue weighted by molar-refractivity contribution is 5.88. The topological polar surface area (TPSA) is 80.2 Å². The highest BCUT2D eigenvalue weighted by Gasteiger charge is 2.21. The molecule has 0 atom stereocenters. The third kappa shape index (κ3) is 17.3. The lowest BCUT2D eigenvalue weighted by atomic mass is 9.83. The average Bonchev–Trinajstić information content (AvgIpc) is 3.85. The van der Waals surface area contributed by atoms with Crippen LogP contribution in [0, 0.1) is 13.8 Å². The third-order valence-corrected chi connectivity index (χ3v) is 15.0. The minimum atomic E-state index is 0.112. The Labute approximate surface area is 509 Å². The Morgan fingerprint density at radius 2 is 0.953 bits per heavy atom. The molecule has 0 saturated heterocycles. The quantitative estimate of drug-likeness (QED) is 0.164. The first-order valence-electron chi connectivity index (χ1n) is 30.1. The van der Waals surface area contributed by atoms with Gasteiger partial charge in [0.05, 0.1) is 22.2 Å². The minimum absolute atomic E-state index is 0.112. The van der Waals surface area contributed by atoms with E-state index in [0.717, 1.165) is 27.9 Å². The molecule has 0 aliphatic carbocycles. The van der Waals surface area contributed by atoms with Crippen LogP contribution < -0.4 is 0 Å². The molecule has 0 radical (unpaired) electrons. The number of nitrogens with one attached hydrogen (secondary N) is 1. The third-order valence-electron chi connectivity index (χ3n) is 15.0. The zero-order valence-corrected chi connectivity index (χ0v) is 54.8. The van der Waals surface area contributed by atoms with Gasteiger partial charge in [-0.1, -0.05) is 239 Å². The summed E-state index contributed by atoms with van der Waals surface area (Å²) in [6, 6.07) is 59.3. The van der Waals surface area contributed by atoms with E-state index in [-0.39, 0.29) is 32.5 Å². The standard InChI is InChI=1S/2C14H17N.3C13H15N.C12H15N/c1-10-7-11-9-15-6-5-12(11)13(8-10)14(2,3)4;1-10-8-9-11-6-5-7-12(13(11)15-10)14(2,3)4;1-13(2,3)11-8-4-6-10-7-5-9-14-12(10)11;1-13(2,3)12-11-7-5-4-6-10(11)8-9-14-12;1-13(2,3)12-9-8-10-6-4-5-7-11(10)14-12;1-12(2,3)10-4-5-11-9(8-10)6-7-13-11/h2*5-9H,1-4H3;3*4-9H,1-3H3;4-8,13H,1-3H3. The van der Waals surface area contributed by atoms with Crippen molar-refractivity contribution in [2.75, 3.05) is 0 Å². The van der Waals surface area contributed by atoms with E-state index in [1.54, 1.807) is 0 Å². The van der Waals surface area contributed by atoms with Gasteiger partial charge in [-0.05, 0) is 135 Å². The van der Waals surface area contributed by atoms with Gasteiger partial charge in [0, 0.05) is 85.6 Å². The molecule has 0 fully saturated rings. The van der Waals surface area contributed by atoms with Crippen LogP contribution in [-0.2, 0) is 32.5 Å². The van der Waals surface area contributed by atoms with E-state index in [1.165, 1.54) is 82.1 Å². The average molecular weight is 1130 g/mol. The molecular weight excluding hydrogens is 1030 g/mol. The number of hydrogen-bond acceptors (Lipinski definition) is 5. The molecule has 6 heteroatoms. The zero-order valence-electron chi connectivity index (χ0n) is 54.8. The van der Waals surface area contributed by atoms with Crippen molar-refractivity contribution in [3.63, 3.8) is 0 Å². The summed E-state index contributed by atoms with van der Waals surface area (Å²) >= 11 is 0. The molecule has 6 nitrogen and oxygen atoms in total. The number of fused-ring (bicyclic) bond motifs is 6. The first kappa shape index (κ1) is 64.5. The van der Waals surface area contributed by atoms with E-state index >= 15 is 0 Å². The van der Waals surface area contributed by atoms with E-state index in [0.29, 0.717) is 0 Å². The molecule has 0 amide bonds. The number of para-hydroxylation sites is 3. The molecule has 440 valence electrons. The molecule has 12 aromatic rings. The second kappa shape index (κ2) is 26.4. The molecule has 85 heavy (non-hydrogen) atoms. The SMILES string of the molecule is CC(C)(C)c1ccc2[nH]ccc2c1.CC(C)(C)c1ccc2ccccc2n1.CC(C)(C)c1cccc2cccnc12.CC(C)(C)c1nccc2ccccc12.Cc1cc(C(C)(C)C)c2ccncc2c1.Cc1ccc2cccc(C(C)(C)C)c2n1. The summed E-state index contributed by atoms with van der Waals surface area (Å²) in [4.78, 5) is 25.6. The van der Waals surface area contributed by atoms with Crippen LogP contribution in [0.3, 0.4) is 0 Å². The lowest BCUT2D eigenvalue weighted by molar-refractivity contribution is 0.571. The number of aromatic amines is 1. The van der Waals surface area contributed by atoms with Crippen LogP contribution in [0.1, 0.15) is 170 Å². The second-order valence-electron chi connectivity index (χ2n) is 28.7. The summed E-state index contributed by atoms with van der Waals surface area (Å²) in [6.07, 6.45) is 9.54. The molecular formula is C79H94N6. The smallest absolute Gasteiger partial charge is 0.0742 e. The van der Waals surface area contributed by atoms with Crippen LogP contribution in [0.2, 0.25) is 0 Å². The predicted molar refractivity (Wildman–Crippen MR) is 369 cm³/mol. The van der Waals surface area contributed by atoms with Crippen LogP contribution in [0.15, 0.2) is 201 Å². The van der Waals surface area contributed by atoms with Crippen LogP contribution in [0.25, 0.3) is 65.2 Å². The molecule has 0 saturated carbocycles. The largest absolute Gasteiger partial charge is 0.361 e. The molecule has 12 rings (SSSR count). The number of nitrogens with zero attached hydrogens (tertiary/aromatic N) is 5. The number of aryl methyl sites for hydroxylation is 2. The van der Waals surface area contributed by atoms with Gasteiger partial charge in [-0.2, -0.15) is 0 Å². The highest BCUT2D eigenvalue weighted by atomic mass is 14.7. The molecule has 0 unspecified atom stereocenters. The number of H-pyrrole nitrogens is 1. The van der Waals surface area contributed by atoms with Gasteiger partial charge in [0.2, 0.25) is 0 Å². The van der Waals surface area contributed by atoms with Gasteiger partial charge >= 0.3 is 0 Å².